The van der Waals surface area contributed by atoms with Gasteiger partial charge in [0.2, 0.25) is 0 Å². The zero-order chi connectivity index (χ0) is 23.8. The second-order valence-electron chi connectivity index (χ2n) is 5.44. The van der Waals surface area contributed by atoms with E-state index < -0.39 is 20.5 Å². The van der Waals surface area contributed by atoms with Crippen molar-refractivity contribution in [2.45, 2.75) is 13.1 Å². The van der Waals surface area contributed by atoms with E-state index in [-0.39, 0.29) is 29.2 Å². The molecule has 0 aliphatic rings. The summed E-state index contributed by atoms with van der Waals surface area (Å²) in [6, 6.07) is 11.8. The molecular weight excluding hydrogens is 545 g/mol. The van der Waals surface area contributed by atoms with Gasteiger partial charge in [0, 0.05) is 32.0 Å². The summed E-state index contributed by atoms with van der Waals surface area (Å²) in [4.78, 5) is 11.0. The number of nitrogens with zero attached hydrogens (tertiary/aromatic N) is 3. The van der Waals surface area contributed by atoms with E-state index in [9.17, 15) is 0 Å². The molecule has 0 aliphatic carbocycles. The average molecular weight is 569 g/mol. The van der Waals surface area contributed by atoms with Crippen LogP contribution in [0.25, 0.3) is 0 Å². The summed E-state index contributed by atoms with van der Waals surface area (Å²) in [6.07, 6.45) is 3.60. The first-order valence-electron chi connectivity index (χ1n) is 8.32. The van der Waals surface area contributed by atoms with Crippen molar-refractivity contribution in [1.82, 2.24) is 14.9 Å². The van der Waals surface area contributed by atoms with Crippen molar-refractivity contribution in [3.8, 4) is 0 Å². The minimum atomic E-state index is -4.94. The van der Waals surface area contributed by atoms with E-state index in [0.29, 0.717) is 13.2 Å². The van der Waals surface area contributed by atoms with Gasteiger partial charge in [-0.05, 0) is 24.3 Å². The van der Waals surface area contributed by atoms with Crippen LogP contribution < -0.4 is 37.3 Å². The third-order valence-electron chi connectivity index (χ3n) is 3.01. The third-order valence-corrected chi connectivity index (χ3v) is 3.01. The monoisotopic (exact) mass is 567 g/mol. The van der Waals surface area contributed by atoms with E-state index in [1.54, 1.807) is 12.4 Å². The summed E-state index contributed by atoms with van der Waals surface area (Å²) >= 11 is 0. The van der Waals surface area contributed by atoms with E-state index >= 15 is 0 Å². The molecule has 0 spiro atoms. The molecule has 0 saturated heterocycles. The van der Waals surface area contributed by atoms with Gasteiger partial charge in [0.15, 0.2) is 0 Å². The smallest absolute Gasteiger partial charge is 0.457 e. The molecule has 2 aromatic heterocycles. The summed E-state index contributed by atoms with van der Waals surface area (Å²) in [5.74, 6) is 0. The number of aliphatic hydroxyl groups excluding tert-OH is 1. The number of aromatic nitrogens is 2. The van der Waals surface area contributed by atoms with Gasteiger partial charge < -0.3 is 15.3 Å². The summed E-state index contributed by atoms with van der Waals surface area (Å²) in [5.41, 5.74) is 2.05. The molecule has 33 heavy (non-hydrogen) atoms. The van der Waals surface area contributed by atoms with Gasteiger partial charge >= 0.3 is 17.1 Å². The molecule has 2 rings (SSSR count). The van der Waals surface area contributed by atoms with E-state index in [0.717, 1.165) is 31.0 Å². The fourth-order valence-corrected chi connectivity index (χ4v) is 2.02. The Kier molecular flexibility index (Phi) is 22.5. The normalized spacial score (nSPS) is 10.6. The molecular formula is C16H24Cl2CuN3O11+. The van der Waals surface area contributed by atoms with Crippen LogP contribution in [0.4, 0.5) is 0 Å². The first-order chi connectivity index (χ1) is 14.4. The van der Waals surface area contributed by atoms with Crippen molar-refractivity contribution in [1.29, 1.82) is 0 Å². The summed E-state index contributed by atoms with van der Waals surface area (Å²) < 4.78 is 73.3. The second kappa shape index (κ2) is 20.3. The topological polar surface area (TPSA) is 276 Å². The van der Waals surface area contributed by atoms with Crippen LogP contribution in [0.15, 0.2) is 48.8 Å². The van der Waals surface area contributed by atoms with Gasteiger partial charge in [-0.25, -0.2) is 37.3 Å². The minimum Gasteiger partial charge on any atom is -0.457 e. The van der Waals surface area contributed by atoms with Gasteiger partial charge in [0.05, 0.1) is 31.2 Å². The SMILES string of the molecule is OCCOCCN(Cc1ccccn1)Cc1ccccn1.[Cu+2].[O-][Cl+3]([O-])([O-])[O-].[O-][Cl+3]([O-])([O-])[O-].[OH3+]. The van der Waals surface area contributed by atoms with E-state index in [2.05, 4.69) is 14.9 Å². The zero-order valence-corrected chi connectivity index (χ0v) is 19.4. The quantitative estimate of drug-likeness (QED) is 0.167. The molecule has 17 heteroatoms. The van der Waals surface area contributed by atoms with Crippen LogP contribution in [-0.4, -0.2) is 46.3 Å². The van der Waals surface area contributed by atoms with Crippen LogP contribution in [-0.2, 0) is 40.4 Å². The molecule has 0 atom stereocenters. The summed E-state index contributed by atoms with van der Waals surface area (Å²) in [6.45, 7) is 3.29. The maximum atomic E-state index is 8.74. The van der Waals surface area contributed by atoms with E-state index in [1.807, 2.05) is 36.4 Å². The largest absolute Gasteiger partial charge is 2.00 e. The molecule has 0 aromatic carbocycles. The Morgan fingerprint density at radius 1 is 0.758 bits per heavy atom. The van der Waals surface area contributed by atoms with Crippen LogP contribution in [0.3, 0.4) is 0 Å². The summed E-state index contributed by atoms with van der Waals surface area (Å²) in [7, 11) is -9.89. The standard InChI is InChI=1S/C16H21N3O2.2ClHO4.Cu.H2O/c20-10-12-21-11-9-19(13-15-5-1-3-7-17-15)14-16-6-2-4-8-18-16;2*2-1(3,4)5;;/h1-8,20H,9-14H2;2*(H,2,3,4,5);;1H2/q;;;+2;/p-1. The Balaban J connectivity index is -0.000000636. The fourth-order valence-electron chi connectivity index (χ4n) is 2.02. The van der Waals surface area contributed by atoms with Gasteiger partial charge in [0.1, 0.15) is 0 Å². The van der Waals surface area contributed by atoms with Crippen LogP contribution in [0.5, 0.6) is 0 Å². The average Bonchev–Trinajstić information content (AvgIpc) is 2.64. The predicted octanol–water partition coefficient (Wildman–Crippen LogP) is -8.95. The molecule has 2 aromatic rings. The Morgan fingerprint density at radius 2 is 1.15 bits per heavy atom. The fraction of sp³-hybridized carbons (Fsp3) is 0.375. The van der Waals surface area contributed by atoms with Gasteiger partial charge in [0.25, 0.3) is 0 Å². The molecule has 0 amide bonds. The van der Waals surface area contributed by atoms with Crippen molar-refractivity contribution in [3.05, 3.63) is 60.2 Å². The van der Waals surface area contributed by atoms with Crippen LogP contribution in [0.1, 0.15) is 11.4 Å². The number of rotatable bonds is 9. The van der Waals surface area contributed by atoms with Crippen molar-refractivity contribution < 1.29 is 90.1 Å². The molecule has 0 aliphatic heterocycles. The first-order valence-corrected chi connectivity index (χ1v) is 10.8. The number of hydrogen-bond acceptors (Lipinski definition) is 13. The number of pyridine rings is 2. The molecule has 0 unspecified atom stereocenters. The number of ether oxygens (including phenoxy) is 1. The van der Waals surface area contributed by atoms with Crippen molar-refractivity contribution in [3.63, 3.8) is 0 Å². The molecule has 14 nitrogen and oxygen atoms in total. The molecule has 0 saturated carbocycles. The Labute approximate surface area is 204 Å². The zero-order valence-electron chi connectivity index (χ0n) is 17.0. The maximum Gasteiger partial charge on any atom is 2.00 e. The van der Waals surface area contributed by atoms with Crippen molar-refractivity contribution in [2.75, 3.05) is 26.4 Å². The van der Waals surface area contributed by atoms with Crippen LogP contribution in [0.2, 0.25) is 0 Å². The molecule has 0 bridgehead atoms. The molecule has 193 valence electrons. The predicted molar refractivity (Wildman–Crippen MR) is 85.4 cm³/mol. The van der Waals surface area contributed by atoms with E-state index in [1.165, 1.54) is 0 Å². The van der Waals surface area contributed by atoms with Gasteiger partial charge in [-0.2, -0.15) is 0 Å². The number of aliphatic hydroxyl groups is 1. The molecule has 1 radical (unpaired) electrons. The Bertz CT molecular complexity index is 617. The summed E-state index contributed by atoms with van der Waals surface area (Å²) in [5, 5.41) is 8.74. The second-order valence-corrected chi connectivity index (χ2v) is 6.96. The van der Waals surface area contributed by atoms with Crippen molar-refractivity contribution >= 4 is 0 Å². The van der Waals surface area contributed by atoms with Gasteiger partial charge in [-0.3, -0.25) is 14.9 Å². The minimum absolute atomic E-state index is 0. The first kappa shape index (κ1) is 36.5. The Hall–Kier alpha value is -1.08. The van der Waals surface area contributed by atoms with E-state index in [4.69, 9.17) is 47.1 Å². The maximum absolute atomic E-state index is 8.74. The molecule has 2 heterocycles. The third kappa shape index (κ3) is 30.9. The number of halogens is 2. The molecule has 4 N–H and O–H groups in total. The Morgan fingerprint density at radius 3 is 1.45 bits per heavy atom. The van der Waals surface area contributed by atoms with Gasteiger partial charge in [-0.1, -0.05) is 12.1 Å². The number of hydrogen-bond donors (Lipinski definition) is 1. The molecule has 0 fully saturated rings. The van der Waals surface area contributed by atoms with Crippen LogP contribution >= 0.6 is 0 Å². The van der Waals surface area contributed by atoms with Crippen molar-refractivity contribution in [2.24, 2.45) is 0 Å². The van der Waals surface area contributed by atoms with Crippen LogP contribution in [0, 0.1) is 20.5 Å². The van der Waals surface area contributed by atoms with Gasteiger partial charge in [-0.15, -0.1) is 20.5 Å².